The lowest BCUT2D eigenvalue weighted by Crippen LogP contribution is -2.56. The van der Waals surface area contributed by atoms with E-state index in [2.05, 4.69) is 0 Å². The van der Waals surface area contributed by atoms with E-state index in [0.717, 1.165) is 17.1 Å². The number of likely N-dealkylation sites (tertiary alicyclic amines) is 1. The monoisotopic (exact) mass is 327 g/mol. The molecule has 0 bridgehead atoms. The first-order chi connectivity index (χ1) is 11.2. The molecule has 3 rings (SSSR count). The summed E-state index contributed by atoms with van der Waals surface area (Å²) in [6, 6.07) is 11.4. The summed E-state index contributed by atoms with van der Waals surface area (Å²) >= 11 is 0. The standard InChI is InChI=1S/C20H25NO3/c1-14-8-9-17(24-14)15-6-5-7-16(12-15)18(22)21-11-10-20(4,23)19(2,3)13-21/h5-9,12,23H,10-11,13H2,1-4H3/t20-/m1/s1. The fourth-order valence-electron chi connectivity index (χ4n) is 3.17. The van der Waals surface area contributed by atoms with Crippen molar-refractivity contribution in [3.63, 3.8) is 0 Å². The molecule has 1 atom stereocenters. The van der Waals surface area contributed by atoms with Gasteiger partial charge in [0.05, 0.1) is 5.60 Å². The van der Waals surface area contributed by atoms with Gasteiger partial charge >= 0.3 is 0 Å². The first kappa shape index (κ1) is 16.8. The number of carbonyl (C=O) groups excluding carboxylic acids is 1. The Bertz CT molecular complexity index is 758. The summed E-state index contributed by atoms with van der Waals surface area (Å²) in [6.07, 6.45) is 0.586. The molecule has 1 N–H and O–H groups in total. The highest BCUT2D eigenvalue weighted by Crippen LogP contribution is 2.38. The van der Waals surface area contributed by atoms with Crippen molar-refractivity contribution in [3.8, 4) is 11.3 Å². The third-order valence-electron chi connectivity index (χ3n) is 5.33. The van der Waals surface area contributed by atoms with Gasteiger partial charge in [0.25, 0.3) is 5.91 Å². The molecule has 1 aliphatic rings. The second-order valence-corrected chi connectivity index (χ2v) is 7.63. The van der Waals surface area contributed by atoms with Crippen LogP contribution in [-0.4, -0.2) is 34.6 Å². The van der Waals surface area contributed by atoms with Gasteiger partial charge in [0.2, 0.25) is 0 Å². The zero-order valence-corrected chi connectivity index (χ0v) is 14.8. The van der Waals surface area contributed by atoms with Crippen LogP contribution in [0.2, 0.25) is 0 Å². The molecule has 1 fully saturated rings. The molecule has 0 unspecified atom stereocenters. The predicted octanol–water partition coefficient (Wildman–Crippen LogP) is 3.88. The fraction of sp³-hybridized carbons (Fsp3) is 0.450. The SMILES string of the molecule is Cc1ccc(-c2cccc(C(=O)N3CC[C@@](C)(O)C(C)(C)C3)c2)o1. The lowest BCUT2D eigenvalue weighted by atomic mass is 9.71. The number of furan rings is 1. The van der Waals surface area contributed by atoms with Gasteiger partial charge in [0, 0.05) is 29.6 Å². The van der Waals surface area contributed by atoms with Crippen LogP contribution in [0.4, 0.5) is 0 Å². The molecule has 1 aromatic carbocycles. The minimum absolute atomic E-state index is 0.00343. The molecule has 2 aromatic rings. The van der Waals surface area contributed by atoms with Crippen molar-refractivity contribution in [1.82, 2.24) is 4.90 Å². The van der Waals surface area contributed by atoms with Crippen LogP contribution < -0.4 is 0 Å². The summed E-state index contributed by atoms with van der Waals surface area (Å²) in [5.74, 6) is 1.62. The zero-order chi connectivity index (χ0) is 17.5. The molecule has 4 heteroatoms. The number of rotatable bonds is 2. The van der Waals surface area contributed by atoms with Crippen molar-refractivity contribution >= 4 is 5.91 Å². The van der Waals surface area contributed by atoms with Gasteiger partial charge in [0.1, 0.15) is 11.5 Å². The molecule has 0 aliphatic carbocycles. The van der Waals surface area contributed by atoms with Crippen LogP contribution in [0, 0.1) is 12.3 Å². The van der Waals surface area contributed by atoms with Crippen LogP contribution in [0.5, 0.6) is 0 Å². The largest absolute Gasteiger partial charge is 0.461 e. The molecule has 4 nitrogen and oxygen atoms in total. The van der Waals surface area contributed by atoms with Crippen molar-refractivity contribution in [1.29, 1.82) is 0 Å². The van der Waals surface area contributed by atoms with Crippen LogP contribution in [0.3, 0.4) is 0 Å². The summed E-state index contributed by atoms with van der Waals surface area (Å²) in [4.78, 5) is 14.7. The second kappa shape index (κ2) is 5.78. The van der Waals surface area contributed by atoms with Crippen molar-refractivity contribution in [2.75, 3.05) is 13.1 Å². The molecule has 1 saturated heterocycles. The van der Waals surface area contributed by atoms with Crippen molar-refractivity contribution in [2.45, 2.75) is 39.7 Å². The maximum absolute atomic E-state index is 12.9. The van der Waals surface area contributed by atoms with Crippen LogP contribution in [0.1, 0.15) is 43.3 Å². The maximum atomic E-state index is 12.9. The van der Waals surface area contributed by atoms with Gasteiger partial charge in [-0.2, -0.15) is 0 Å². The Balaban J connectivity index is 1.83. The Morgan fingerprint density at radius 3 is 2.58 bits per heavy atom. The number of piperidine rings is 1. The molecule has 1 amide bonds. The molecule has 1 aliphatic heterocycles. The van der Waals surface area contributed by atoms with E-state index >= 15 is 0 Å². The molecule has 0 saturated carbocycles. The number of nitrogens with zero attached hydrogens (tertiary/aromatic N) is 1. The maximum Gasteiger partial charge on any atom is 0.253 e. The van der Waals surface area contributed by atoms with E-state index in [1.165, 1.54) is 0 Å². The molecule has 24 heavy (non-hydrogen) atoms. The van der Waals surface area contributed by atoms with E-state index in [1.54, 1.807) is 0 Å². The number of amides is 1. The van der Waals surface area contributed by atoms with E-state index in [0.29, 0.717) is 25.1 Å². The highest BCUT2D eigenvalue weighted by Gasteiger charge is 2.45. The topological polar surface area (TPSA) is 53.7 Å². The minimum Gasteiger partial charge on any atom is -0.461 e. The van der Waals surface area contributed by atoms with E-state index in [9.17, 15) is 9.90 Å². The molecule has 0 radical (unpaired) electrons. The van der Waals surface area contributed by atoms with E-state index in [-0.39, 0.29) is 11.3 Å². The molecule has 1 aromatic heterocycles. The Morgan fingerprint density at radius 2 is 1.96 bits per heavy atom. The summed E-state index contributed by atoms with van der Waals surface area (Å²) in [5.41, 5.74) is 0.463. The quantitative estimate of drug-likeness (QED) is 0.911. The van der Waals surface area contributed by atoms with E-state index < -0.39 is 5.60 Å². The molecular formula is C20H25NO3. The number of carbonyl (C=O) groups is 1. The van der Waals surface area contributed by atoms with Crippen molar-refractivity contribution < 1.29 is 14.3 Å². The van der Waals surface area contributed by atoms with Crippen LogP contribution in [0.15, 0.2) is 40.8 Å². The number of benzene rings is 1. The molecule has 2 heterocycles. The predicted molar refractivity (Wildman–Crippen MR) is 93.8 cm³/mol. The van der Waals surface area contributed by atoms with Crippen LogP contribution >= 0.6 is 0 Å². The minimum atomic E-state index is -0.753. The van der Waals surface area contributed by atoms with Gasteiger partial charge in [-0.3, -0.25) is 4.79 Å². The Labute approximate surface area is 143 Å². The van der Waals surface area contributed by atoms with E-state index in [4.69, 9.17) is 4.42 Å². The van der Waals surface area contributed by atoms with E-state index in [1.807, 2.05) is 69.0 Å². The summed E-state index contributed by atoms with van der Waals surface area (Å²) in [7, 11) is 0. The lowest BCUT2D eigenvalue weighted by molar-refractivity contribution is -0.0971. The van der Waals surface area contributed by atoms with Gasteiger partial charge in [-0.1, -0.05) is 26.0 Å². The Kier molecular flexibility index (Phi) is 4.04. The van der Waals surface area contributed by atoms with Crippen LogP contribution in [0.25, 0.3) is 11.3 Å². The lowest BCUT2D eigenvalue weighted by Gasteiger charge is -2.48. The second-order valence-electron chi connectivity index (χ2n) is 7.63. The van der Waals surface area contributed by atoms with Crippen LogP contribution in [-0.2, 0) is 0 Å². The highest BCUT2D eigenvalue weighted by atomic mass is 16.3. The molecule has 128 valence electrons. The van der Waals surface area contributed by atoms with Crippen molar-refractivity contribution in [2.24, 2.45) is 5.41 Å². The normalized spacial score (nSPS) is 23.3. The average Bonchev–Trinajstić information content (AvgIpc) is 2.96. The zero-order valence-electron chi connectivity index (χ0n) is 14.8. The highest BCUT2D eigenvalue weighted by molar-refractivity contribution is 5.95. The average molecular weight is 327 g/mol. The number of aryl methyl sites for hydroxylation is 1. The van der Waals surface area contributed by atoms with Gasteiger partial charge < -0.3 is 14.4 Å². The summed E-state index contributed by atoms with van der Waals surface area (Å²) in [6.45, 7) is 8.89. The van der Waals surface area contributed by atoms with Gasteiger partial charge in [-0.25, -0.2) is 0 Å². The fourth-order valence-corrected chi connectivity index (χ4v) is 3.17. The van der Waals surface area contributed by atoms with Gasteiger partial charge in [-0.15, -0.1) is 0 Å². The smallest absolute Gasteiger partial charge is 0.253 e. The third-order valence-corrected chi connectivity index (χ3v) is 5.33. The Hall–Kier alpha value is -2.07. The first-order valence-electron chi connectivity index (χ1n) is 8.38. The molecular weight excluding hydrogens is 302 g/mol. The third kappa shape index (κ3) is 2.98. The van der Waals surface area contributed by atoms with Crippen molar-refractivity contribution in [3.05, 3.63) is 47.7 Å². The van der Waals surface area contributed by atoms with Gasteiger partial charge in [-0.05, 0) is 44.5 Å². The molecule has 0 spiro atoms. The Morgan fingerprint density at radius 1 is 1.21 bits per heavy atom. The number of hydrogen-bond donors (Lipinski definition) is 1. The number of aliphatic hydroxyl groups is 1. The summed E-state index contributed by atoms with van der Waals surface area (Å²) < 4.78 is 5.65. The van der Waals surface area contributed by atoms with Gasteiger partial charge in [0.15, 0.2) is 0 Å². The number of hydrogen-bond acceptors (Lipinski definition) is 3. The first-order valence-corrected chi connectivity index (χ1v) is 8.38. The summed E-state index contributed by atoms with van der Waals surface area (Å²) in [5, 5.41) is 10.5.